The summed E-state index contributed by atoms with van der Waals surface area (Å²) in [5.74, 6) is -0.581. The Bertz CT molecular complexity index is 1140. The first-order valence-electron chi connectivity index (χ1n) is 12.8. The molecule has 1 atom stereocenters. The Labute approximate surface area is 215 Å². The maximum atomic E-state index is 13.8. The Morgan fingerprint density at radius 2 is 1.69 bits per heavy atom. The predicted molar refractivity (Wildman–Crippen MR) is 144 cm³/mol. The molecule has 0 heterocycles. The average Bonchev–Trinajstić information content (AvgIpc) is 2.84. The first-order valence-corrected chi connectivity index (χ1v) is 14.6. The third-order valence-corrected chi connectivity index (χ3v) is 7.97. The molecule has 0 radical (unpaired) electrons. The molecule has 1 saturated carbocycles. The Morgan fingerprint density at radius 3 is 2.31 bits per heavy atom. The van der Waals surface area contributed by atoms with E-state index in [1.165, 1.54) is 11.3 Å². The van der Waals surface area contributed by atoms with Crippen LogP contribution in [0.2, 0.25) is 0 Å². The van der Waals surface area contributed by atoms with Crippen LogP contribution in [0.1, 0.15) is 62.1 Å². The monoisotopic (exact) mass is 513 g/mol. The van der Waals surface area contributed by atoms with E-state index in [4.69, 9.17) is 0 Å². The van der Waals surface area contributed by atoms with E-state index in [0.717, 1.165) is 52.9 Å². The molecule has 2 amide bonds. The van der Waals surface area contributed by atoms with E-state index in [9.17, 15) is 18.0 Å². The van der Waals surface area contributed by atoms with Gasteiger partial charge in [0.2, 0.25) is 21.8 Å². The van der Waals surface area contributed by atoms with Gasteiger partial charge in [-0.1, -0.05) is 68.7 Å². The second kappa shape index (κ2) is 12.4. The Balaban J connectivity index is 1.92. The normalized spacial score (nSPS) is 15.2. The topological polar surface area (TPSA) is 86.8 Å². The number of benzene rings is 2. The van der Waals surface area contributed by atoms with Gasteiger partial charge in [-0.05, 0) is 55.9 Å². The highest BCUT2D eigenvalue weighted by Crippen LogP contribution is 2.25. The average molecular weight is 514 g/mol. The van der Waals surface area contributed by atoms with E-state index in [2.05, 4.69) is 5.32 Å². The lowest BCUT2D eigenvalue weighted by atomic mass is 9.95. The molecular weight excluding hydrogens is 474 g/mol. The maximum Gasteiger partial charge on any atom is 0.244 e. The third kappa shape index (κ3) is 7.32. The van der Waals surface area contributed by atoms with Crippen LogP contribution in [0.25, 0.3) is 0 Å². The lowest BCUT2D eigenvalue weighted by molar-refractivity contribution is -0.140. The molecule has 1 N–H and O–H groups in total. The number of nitrogens with one attached hydrogen (secondary N) is 1. The van der Waals surface area contributed by atoms with Crippen LogP contribution in [0.3, 0.4) is 0 Å². The summed E-state index contributed by atoms with van der Waals surface area (Å²) in [5.41, 5.74) is 3.02. The summed E-state index contributed by atoms with van der Waals surface area (Å²) in [4.78, 5) is 28.7. The van der Waals surface area contributed by atoms with Crippen LogP contribution in [-0.2, 0) is 26.2 Å². The summed E-state index contributed by atoms with van der Waals surface area (Å²) in [5, 5.41) is 3.16. The number of rotatable bonds is 10. The Morgan fingerprint density at radius 1 is 1.03 bits per heavy atom. The van der Waals surface area contributed by atoms with Crippen molar-refractivity contribution < 1.29 is 18.0 Å². The van der Waals surface area contributed by atoms with Crippen molar-refractivity contribution >= 4 is 27.5 Å². The molecule has 8 heteroatoms. The Hall–Kier alpha value is -2.87. The van der Waals surface area contributed by atoms with Crippen LogP contribution < -0.4 is 9.62 Å². The Kier molecular flexibility index (Phi) is 9.54. The first-order chi connectivity index (χ1) is 17.1. The van der Waals surface area contributed by atoms with Crippen molar-refractivity contribution in [1.82, 2.24) is 10.2 Å². The van der Waals surface area contributed by atoms with Gasteiger partial charge in [0.15, 0.2) is 0 Å². The molecule has 1 aliphatic rings. The molecule has 1 unspecified atom stereocenters. The van der Waals surface area contributed by atoms with E-state index in [1.807, 2.05) is 63.2 Å². The van der Waals surface area contributed by atoms with Gasteiger partial charge in [-0.3, -0.25) is 13.9 Å². The fraction of sp³-hybridized carbons (Fsp3) is 0.500. The quantitative estimate of drug-likeness (QED) is 0.512. The van der Waals surface area contributed by atoms with Crippen molar-refractivity contribution in [3.8, 4) is 0 Å². The van der Waals surface area contributed by atoms with Gasteiger partial charge in [0, 0.05) is 12.6 Å². The number of hydrogen-bond donors (Lipinski definition) is 1. The molecule has 0 aliphatic heterocycles. The number of carbonyl (C=O) groups is 2. The smallest absolute Gasteiger partial charge is 0.244 e. The maximum absolute atomic E-state index is 13.8. The standard InChI is InChI=1S/C28H39N3O4S/c1-5-25(28(33)29-24-14-10-7-11-15-24)30(19-23-12-8-6-9-13-23)27(32)20-31(36(4,34)35)26-18-21(2)16-17-22(26)3/h6,8-9,12-13,16-18,24-25H,5,7,10-11,14-15,19-20H2,1-4H3,(H,29,33). The van der Waals surface area contributed by atoms with Crippen molar-refractivity contribution in [3.63, 3.8) is 0 Å². The number of carbonyl (C=O) groups excluding carboxylic acids is 2. The molecule has 0 saturated heterocycles. The summed E-state index contributed by atoms with van der Waals surface area (Å²) in [7, 11) is -3.75. The molecule has 7 nitrogen and oxygen atoms in total. The number of nitrogens with zero attached hydrogens (tertiary/aromatic N) is 2. The minimum absolute atomic E-state index is 0.122. The van der Waals surface area contributed by atoms with Crippen LogP contribution in [0.5, 0.6) is 0 Å². The minimum Gasteiger partial charge on any atom is -0.352 e. The molecule has 3 rings (SSSR count). The van der Waals surface area contributed by atoms with Crippen LogP contribution in [0, 0.1) is 13.8 Å². The summed E-state index contributed by atoms with van der Waals surface area (Å²) in [6.07, 6.45) is 6.80. The summed E-state index contributed by atoms with van der Waals surface area (Å²) in [6, 6.07) is 14.5. The highest BCUT2D eigenvalue weighted by molar-refractivity contribution is 7.92. The molecule has 1 aliphatic carbocycles. The molecular formula is C28H39N3O4S. The summed E-state index contributed by atoms with van der Waals surface area (Å²) >= 11 is 0. The lowest BCUT2D eigenvalue weighted by Gasteiger charge is -2.34. The fourth-order valence-electron chi connectivity index (χ4n) is 4.83. The molecule has 2 aromatic rings. The van der Waals surface area contributed by atoms with Gasteiger partial charge in [-0.25, -0.2) is 8.42 Å². The molecule has 36 heavy (non-hydrogen) atoms. The zero-order valence-corrected chi connectivity index (χ0v) is 22.7. The highest BCUT2D eigenvalue weighted by atomic mass is 32.2. The van der Waals surface area contributed by atoms with Gasteiger partial charge < -0.3 is 10.2 Å². The van der Waals surface area contributed by atoms with E-state index in [0.29, 0.717) is 12.1 Å². The van der Waals surface area contributed by atoms with E-state index >= 15 is 0 Å². The number of amides is 2. The number of anilines is 1. The van der Waals surface area contributed by atoms with Gasteiger partial charge in [0.05, 0.1) is 11.9 Å². The van der Waals surface area contributed by atoms with Crippen molar-refractivity contribution in [2.45, 2.75) is 77.9 Å². The van der Waals surface area contributed by atoms with Gasteiger partial charge in [-0.15, -0.1) is 0 Å². The highest BCUT2D eigenvalue weighted by Gasteiger charge is 2.33. The molecule has 0 spiro atoms. The van der Waals surface area contributed by atoms with Gasteiger partial charge >= 0.3 is 0 Å². The first kappa shape index (κ1) is 27.7. The third-order valence-electron chi connectivity index (χ3n) is 6.85. The van der Waals surface area contributed by atoms with E-state index in [-0.39, 0.29) is 25.0 Å². The number of aryl methyl sites for hydroxylation is 2. The summed E-state index contributed by atoms with van der Waals surface area (Å²) < 4.78 is 26.8. The van der Waals surface area contributed by atoms with Gasteiger partial charge in [0.1, 0.15) is 12.6 Å². The van der Waals surface area contributed by atoms with E-state index < -0.39 is 22.0 Å². The van der Waals surface area contributed by atoms with Gasteiger partial charge in [-0.2, -0.15) is 0 Å². The van der Waals surface area contributed by atoms with Crippen molar-refractivity contribution in [2.24, 2.45) is 0 Å². The SMILES string of the molecule is CCC(C(=O)NC1CCCCC1)N(Cc1ccccc1)C(=O)CN(c1cc(C)ccc1C)S(C)(=O)=O. The van der Waals surface area contributed by atoms with E-state index in [1.54, 1.807) is 6.07 Å². The van der Waals surface area contributed by atoms with Gasteiger partial charge in [0.25, 0.3) is 0 Å². The zero-order chi connectivity index (χ0) is 26.3. The molecule has 0 bridgehead atoms. The molecule has 2 aromatic carbocycles. The number of hydrogen-bond acceptors (Lipinski definition) is 4. The van der Waals surface area contributed by atoms with Crippen LogP contribution in [0.4, 0.5) is 5.69 Å². The lowest BCUT2D eigenvalue weighted by Crippen LogP contribution is -2.54. The molecule has 196 valence electrons. The molecule has 1 fully saturated rings. The minimum atomic E-state index is -3.75. The largest absolute Gasteiger partial charge is 0.352 e. The number of sulfonamides is 1. The zero-order valence-electron chi connectivity index (χ0n) is 21.9. The fourth-order valence-corrected chi connectivity index (χ4v) is 5.73. The van der Waals surface area contributed by atoms with Crippen molar-refractivity contribution in [1.29, 1.82) is 0 Å². The van der Waals surface area contributed by atoms with Crippen LogP contribution in [0.15, 0.2) is 48.5 Å². The second-order valence-electron chi connectivity index (χ2n) is 9.83. The molecule has 0 aromatic heterocycles. The second-order valence-corrected chi connectivity index (χ2v) is 11.7. The van der Waals surface area contributed by atoms with Crippen LogP contribution >= 0.6 is 0 Å². The predicted octanol–water partition coefficient (Wildman–Crippen LogP) is 4.33. The van der Waals surface area contributed by atoms with Crippen molar-refractivity contribution in [3.05, 3.63) is 65.2 Å². The van der Waals surface area contributed by atoms with Crippen LogP contribution in [-0.4, -0.2) is 50.0 Å². The summed E-state index contributed by atoms with van der Waals surface area (Å²) in [6.45, 7) is 5.44. The van der Waals surface area contributed by atoms with Crippen molar-refractivity contribution in [2.75, 3.05) is 17.1 Å².